The summed E-state index contributed by atoms with van der Waals surface area (Å²) in [6, 6.07) is 11.2. The lowest BCUT2D eigenvalue weighted by atomic mass is 10.2. The number of ether oxygens (including phenoxy) is 3. The van der Waals surface area contributed by atoms with Gasteiger partial charge in [0.2, 0.25) is 0 Å². The van der Waals surface area contributed by atoms with Gasteiger partial charge in [-0.15, -0.1) is 0 Å². The molecule has 0 aliphatic carbocycles. The molecular formula is C15H16BrNO3. The van der Waals surface area contributed by atoms with E-state index in [1.165, 1.54) is 0 Å². The number of rotatable bonds is 5. The number of benzene rings is 2. The van der Waals surface area contributed by atoms with Crippen molar-refractivity contribution in [3.63, 3.8) is 0 Å². The lowest BCUT2D eigenvalue weighted by Gasteiger charge is -2.10. The van der Waals surface area contributed by atoms with Crippen LogP contribution in [0.2, 0.25) is 0 Å². The molecule has 2 N–H and O–H groups in total. The maximum absolute atomic E-state index is 5.83. The van der Waals surface area contributed by atoms with E-state index in [0.29, 0.717) is 23.8 Å². The van der Waals surface area contributed by atoms with Crippen molar-refractivity contribution in [3.8, 4) is 17.2 Å². The lowest BCUT2D eigenvalue weighted by molar-refractivity contribution is 0.305. The van der Waals surface area contributed by atoms with E-state index in [2.05, 4.69) is 15.9 Å². The van der Waals surface area contributed by atoms with Crippen LogP contribution in [-0.2, 0) is 6.61 Å². The molecule has 0 aliphatic heterocycles. The number of hydrogen-bond donors (Lipinski definition) is 1. The van der Waals surface area contributed by atoms with Gasteiger partial charge in [0.05, 0.1) is 24.4 Å². The van der Waals surface area contributed by atoms with Crippen molar-refractivity contribution < 1.29 is 14.2 Å². The first-order valence-corrected chi connectivity index (χ1v) is 6.82. The average molecular weight is 338 g/mol. The Hall–Kier alpha value is -1.88. The van der Waals surface area contributed by atoms with Gasteiger partial charge in [-0.05, 0) is 45.8 Å². The molecule has 0 heterocycles. The third-order valence-electron chi connectivity index (χ3n) is 2.82. The van der Waals surface area contributed by atoms with E-state index in [-0.39, 0.29) is 0 Å². The number of nitrogen functional groups attached to an aromatic ring is 1. The van der Waals surface area contributed by atoms with Gasteiger partial charge in [-0.3, -0.25) is 0 Å². The third kappa shape index (κ3) is 3.36. The standard InChI is InChI=1S/C15H16BrNO3/c1-18-14-5-3-10(7-12(14)16)9-20-11-4-6-15(19-2)13(17)8-11/h3-8H,9,17H2,1-2H3. The van der Waals surface area contributed by atoms with E-state index in [1.54, 1.807) is 26.4 Å². The molecule has 0 saturated carbocycles. The minimum Gasteiger partial charge on any atom is -0.496 e. The highest BCUT2D eigenvalue weighted by atomic mass is 79.9. The molecule has 0 bridgehead atoms. The summed E-state index contributed by atoms with van der Waals surface area (Å²) in [5.41, 5.74) is 7.42. The molecule has 0 fully saturated rings. The fourth-order valence-electron chi connectivity index (χ4n) is 1.77. The Kier molecular flexibility index (Phi) is 4.74. The van der Waals surface area contributed by atoms with Gasteiger partial charge >= 0.3 is 0 Å². The molecular weight excluding hydrogens is 322 g/mol. The van der Waals surface area contributed by atoms with E-state index in [4.69, 9.17) is 19.9 Å². The topological polar surface area (TPSA) is 53.7 Å². The van der Waals surface area contributed by atoms with Crippen LogP contribution in [0.15, 0.2) is 40.9 Å². The summed E-state index contributed by atoms with van der Waals surface area (Å²) in [5.74, 6) is 2.14. The van der Waals surface area contributed by atoms with Crippen LogP contribution in [0.4, 0.5) is 5.69 Å². The van der Waals surface area contributed by atoms with Gasteiger partial charge in [-0.2, -0.15) is 0 Å². The second-order valence-electron chi connectivity index (χ2n) is 4.16. The van der Waals surface area contributed by atoms with Crippen molar-refractivity contribution in [1.29, 1.82) is 0 Å². The molecule has 20 heavy (non-hydrogen) atoms. The monoisotopic (exact) mass is 337 g/mol. The molecule has 2 rings (SSSR count). The summed E-state index contributed by atoms with van der Waals surface area (Å²) in [7, 11) is 3.22. The molecule has 0 aromatic heterocycles. The molecule has 5 heteroatoms. The van der Waals surface area contributed by atoms with Gasteiger partial charge < -0.3 is 19.9 Å². The number of nitrogens with two attached hydrogens (primary N) is 1. The Morgan fingerprint density at radius 3 is 2.30 bits per heavy atom. The third-order valence-corrected chi connectivity index (χ3v) is 3.44. The second-order valence-corrected chi connectivity index (χ2v) is 5.02. The first kappa shape index (κ1) is 14.5. The summed E-state index contributed by atoms with van der Waals surface area (Å²) in [4.78, 5) is 0. The van der Waals surface area contributed by atoms with E-state index < -0.39 is 0 Å². The molecule has 0 aliphatic rings. The van der Waals surface area contributed by atoms with Crippen LogP contribution in [0.5, 0.6) is 17.2 Å². The van der Waals surface area contributed by atoms with Gasteiger partial charge in [0, 0.05) is 6.07 Å². The van der Waals surface area contributed by atoms with Crippen LogP contribution >= 0.6 is 15.9 Å². The normalized spacial score (nSPS) is 10.2. The predicted octanol–water partition coefficient (Wildman–Crippen LogP) is 3.63. The highest BCUT2D eigenvalue weighted by Gasteiger charge is 2.04. The molecule has 0 saturated heterocycles. The first-order valence-electron chi connectivity index (χ1n) is 6.02. The molecule has 4 nitrogen and oxygen atoms in total. The van der Waals surface area contributed by atoms with Crippen molar-refractivity contribution in [1.82, 2.24) is 0 Å². The molecule has 0 atom stereocenters. The van der Waals surface area contributed by atoms with E-state index in [0.717, 1.165) is 15.8 Å². The van der Waals surface area contributed by atoms with Crippen molar-refractivity contribution in [2.75, 3.05) is 20.0 Å². The SMILES string of the molecule is COc1ccc(OCc2ccc(OC)c(Br)c2)cc1N. The minimum atomic E-state index is 0.453. The predicted molar refractivity (Wildman–Crippen MR) is 82.4 cm³/mol. The summed E-state index contributed by atoms with van der Waals surface area (Å²) in [5, 5.41) is 0. The molecule has 2 aromatic carbocycles. The van der Waals surface area contributed by atoms with Crippen molar-refractivity contribution in [2.24, 2.45) is 0 Å². The van der Waals surface area contributed by atoms with Crippen LogP contribution in [0.3, 0.4) is 0 Å². The Bertz CT molecular complexity index is 548. The molecule has 106 valence electrons. The highest BCUT2D eigenvalue weighted by molar-refractivity contribution is 9.10. The maximum Gasteiger partial charge on any atom is 0.142 e. The Morgan fingerprint density at radius 1 is 1.00 bits per heavy atom. The van der Waals surface area contributed by atoms with Crippen molar-refractivity contribution >= 4 is 21.6 Å². The Labute approximate surface area is 126 Å². The maximum atomic E-state index is 5.83. The zero-order valence-electron chi connectivity index (χ0n) is 11.4. The van der Waals surface area contributed by atoms with E-state index >= 15 is 0 Å². The van der Waals surface area contributed by atoms with Gasteiger partial charge in [-0.1, -0.05) is 6.07 Å². The summed E-state index contributed by atoms with van der Waals surface area (Å²) in [6.45, 7) is 0.453. The van der Waals surface area contributed by atoms with Gasteiger partial charge in [0.1, 0.15) is 23.9 Å². The van der Waals surface area contributed by atoms with Crippen molar-refractivity contribution in [3.05, 3.63) is 46.4 Å². The fourth-order valence-corrected chi connectivity index (χ4v) is 2.36. The van der Waals surface area contributed by atoms with Crippen LogP contribution in [-0.4, -0.2) is 14.2 Å². The van der Waals surface area contributed by atoms with E-state index in [1.807, 2.05) is 24.3 Å². The quantitative estimate of drug-likeness (QED) is 0.846. The molecule has 2 aromatic rings. The summed E-state index contributed by atoms with van der Waals surface area (Å²) < 4.78 is 16.9. The van der Waals surface area contributed by atoms with E-state index in [9.17, 15) is 0 Å². The van der Waals surface area contributed by atoms with Gasteiger partial charge in [0.25, 0.3) is 0 Å². The summed E-state index contributed by atoms with van der Waals surface area (Å²) >= 11 is 3.45. The zero-order chi connectivity index (χ0) is 14.5. The van der Waals surface area contributed by atoms with Crippen molar-refractivity contribution in [2.45, 2.75) is 6.61 Å². The van der Waals surface area contributed by atoms with Crippen LogP contribution in [0.1, 0.15) is 5.56 Å². The minimum absolute atomic E-state index is 0.453. The largest absolute Gasteiger partial charge is 0.496 e. The lowest BCUT2D eigenvalue weighted by Crippen LogP contribution is -1.98. The fraction of sp³-hybridized carbons (Fsp3) is 0.200. The summed E-state index contributed by atoms with van der Waals surface area (Å²) in [6.07, 6.45) is 0. The van der Waals surface area contributed by atoms with Gasteiger partial charge in [0.15, 0.2) is 0 Å². The number of halogens is 1. The highest BCUT2D eigenvalue weighted by Crippen LogP contribution is 2.28. The number of hydrogen-bond acceptors (Lipinski definition) is 4. The van der Waals surface area contributed by atoms with Gasteiger partial charge in [-0.25, -0.2) is 0 Å². The first-order chi connectivity index (χ1) is 9.63. The number of methoxy groups -OCH3 is 2. The molecule has 0 unspecified atom stereocenters. The Morgan fingerprint density at radius 2 is 1.70 bits per heavy atom. The zero-order valence-corrected chi connectivity index (χ0v) is 12.9. The number of anilines is 1. The Balaban J connectivity index is 2.05. The van der Waals surface area contributed by atoms with Crippen LogP contribution in [0, 0.1) is 0 Å². The smallest absolute Gasteiger partial charge is 0.142 e. The molecule has 0 spiro atoms. The second kappa shape index (κ2) is 6.52. The molecule has 0 radical (unpaired) electrons. The van der Waals surface area contributed by atoms with Crippen LogP contribution < -0.4 is 19.9 Å². The molecule has 0 amide bonds. The van der Waals surface area contributed by atoms with Crippen LogP contribution in [0.25, 0.3) is 0 Å². The average Bonchev–Trinajstić information content (AvgIpc) is 2.45.